The lowest BCUT2D eigenvalue weighted by molar-refractivity contribution is -0.137. The Balaban J connectivity index is 2.73. The van der Waals surface area contributed by atoms with Crippen molar-refractivity contribution in [2.45, 2.75) is 17.7 Å². The number of nitrogens with zero attached hydrogens (tertiary/aromatic N) is 1. The number of aliphatic imine (C=N–C) groups is 1. The molecule has 0 atom stereocenters. The molecular formula is C11H9ClFNO2S2. The van der Waals surface area contributed by atoms with E-state index >= 15 is 0 Å². The summed E-state index contributed by atoms with van der Waals surface area (Å²) in [6.45, 7) is 0. The van der Waals surface area contributed by atoms with Crippen LogP contribution in [0.15, 0.2) is 22.0 Å². The van der Waals surface area contributed by atoms with Gasteiger partial charge in [-0.15, -0.1) is 11.8 Å². The van der Waals surface area contributed by atoms with Gasteiger partial charge in [0.05, 0.1) is 10.2 Å². The van der Waals surface area contributed by atoms with Crippen LogP contribution in [0.5, 0.6) is 0 Å². The second-order valence-electron chi connectivity index (χ2n) is 3.28. The lowest BCUT2D eigenvalue weighted by Crippen LogP contribution is -1.94. The van der Waals surface area contributed by atoms with Crippen LogP contribution < -0.4 is 0 Å². The molecule has 96 valence electrons. The molecule has 0 aliphatic carbocycles. The molecule has 0 aliphatic heterocycles. The summed E-state index contributed by atoms with van der Waals surface area (Å²) in [6.07, 6.45) is 0.607. The van der Waals surface area contributed by atoms with Gasteiger partial charge in [0.25, 0.3) is 0 Å². The van der Waals surface area contributed by atoms with Crippen molar-refractivity contribution >= 4 is 52.4 Å². The van der Waals surface area contributed by atoms with E-state index in [1.54, 1.807) is 0 Å². The summed E-state index contributed by atoms with van der Waals surface area (Å²) in [5.74, 6) is -0.822. The number of carbonyl (C=O) groups is 1. The van der Waals surface area contributed by atoms with E-state index in [-0.39, 0.29) is 17.1 Å². The normalized spacial score (nSPS) is 9.89. The second-order valence-corrected chi connectivity index (χ2v) is 5.01. The number of halogens is 2. The number of rotatable bonds is 6. The number of carboxylic acids is 1. The summed E-state index contributed by atoms with van der Waals surface area (Å²) < 4.78 is 13.4. The molecule has 0 aliphatic rings. The molecule has 1 aromatic rings. The number of hydrogen-bond donors (Lipinski definition) is 1. The van der Waals surface area contributed by atoms with Crippen LogP contribution in [0, 0.1) is 5.82 Å². The zero-order valence-electron chi connectivity index (χ0n) is 9.15. The van der Waals surface area contributed by atoms with Crippen molar-refractivity contribution in [2.75, 3.05) is 5.75 Å². The molecule has 0 spiro atoms. The van der Waals surface area contributed by atoms with Crippen molar-refractivity contribution in [3.8, 4) is 0 Å². The Morgan fingerprint density at radius 2 is 2.33 bits per heavy atom. The highest BCUT2D eigenvalue weighted by atomic mass is 35.5. The maximum absolute atomic E-state index is 13.4. The van der Waals surface area contributed by atoms with Crippen LogP contribution in [-0.2, 0) is 4.79 Å². The summed E-state index contributed by atoms with van der Waals surface area (Å²) in [4.78, 5) is 14.6. The minimum absolute atomic E-state index is 0.0788. The van der Waals surface area contributed by atoms with Gasteiger partial charge in [-0.1, -0.05) is 11.6 Å². The zero-order valence-corrected chi connectivity index (χ0v) is 11.5. The van der Waals surface area contributed by atoms with Crippen LogP contribution in [-0.4, -0.2) is 22.0 Å². The Morgan fingerprint density at radius 3 is 2.94 bits per heavy atom. The Bertz CT molecular complexity index is 504. The molecule has 0 heterocycles. The van der Waals surface area contributed by atoms with Crippen LogP contribution in [0.3, 0.4) is 0 Å². The van der Waals surface area contributed by atoms with Crippen LogP contribution in [0.2, 0.25) is 5.02 Å². The predicted molar refractivity (Wildman–Crippen MR) is 73.7 cm³/mol. The average Bonchev–Trinajstić information content (AvgIpc) is 2.29. The molecule has 0 unspecified atom stereocenters. The van der Waals surface area contributed by atoms with Crippen LogP contribution in [0.4, 0.5) is 10.1 Å². The highest BCUT2D eigenvalue weighted by Crippen LogP contribution is 2.33. The standard InChI is InChI=1S/C11H9ClFNO2S2/c12-7-4-8(13)9(14-6-17)5-10(7)18-3-1-2-11(15)16/h4-5H,1-3H2,(H,15,16). The largest absolute Gasteiger partial charge is 0.481 e. The van der Waals surface area contributed by atoms with Crippen LogP contribution in [0.1, 0.15) is 12.8 Å². The third-order valence-electron chi connectivity index (χ3n) is 1.96. The lowest BCUT2D eigenvalue weighted by atomic mass is 10.3. The van der Waals surface area contributed by atoms with E-state index < -0.39 is 11.8 Å². The third kappa shape index (κ3) is 4.74. The van der Waals surface area contributed by atoms with Gasteiger partial charge in [0, 0.05) is 11.3 Å². The number of isothiocyanates is 1. The molecule has 0 aromatic heterocycles. The minimum atomic E-state index is -0.841. The number of benzene rings is 1. The Kier molecular flexibility index (Phi) is 6.29. The molecule has 3 nitrogen and oxygen atoms in total. The fourth-order valence-electron chi connectivity index (χ4n) is 1.17. The van der Waals surface area contributed by atoms with Crippen molar-refractivity contribution < 1.29 is 14.3 Å². The monoisotopic (exact) mass is 305 g/mol. The predicted octanol–water partition coefficient (Wildman–Crippen LogP) is 4.17. The van der Waals surface area contributed by atoms with E-state index in [1.165, 1.54) is 17.8 Å². The van der Waals surface area contributed by atoms with Gasteiger partial charge in [-0.3, -0.25) is 4.79 Å². The third-order valence-corrected chi connectivity index (χ3v) is 3.62. The highest BCUT2D eigenvalue weighted by Gasteiger charge is 2.08. The first-order valence-corrected chi connectivity index (χ1v) is 6.73. The van der Waals surface area contributed by atoms with Gasteiger partial charge in [0.1, 0.15) is 5.69 Å². The molecule has 1 rings (SSSR count). The minimum Gasteiger partial charge on any atom is -0.481 e. The Morgan fingerprint density at radius 1 is 1.61 bits per heavy atom. The number of thiocarbonyl (C=S) groups is 1. The van der Waals surface area contributed by atoms with Gasteiger partial charge in [-0.05, 0) is 36.5 Å². The first kappa shape index (κ1) is 15.1. The van der Waals surface area contributed by atoms with E-state index in [2.05, 4.69) is 22.4 Å². The van der Waals surface area contributed by atoms with Crippen molar-refractivity contribution in [1.82, 2.24) is 0 Å². The summed E-state index contributed by atoms with van der Waals surface area (Å²) in [5, 5.41) is 10.9. The van der Waals surface area contributed by atoms with Gasteiger partial charge in [-0.25, -0.2) is 4.39 Å². The average molecular weight is 306 g/mol. The van der Waals surface area contributed by atoms with Crippen LogP contribution >= 0.6 is 35.6 Å². The van der Waals surface area contributed by atoms with E-state index in [0.717, 1.165) is 6.07 Å². The summed E-state index contributed by atoms with van der Waals surface area (Å²) in [7, 11) is 0. The SMILES string of the molecule is O=C(O)CCCSc1cc(N=C=S)c(F)cc1Cl. The lowest BCUT2D eigenvalue weighted by Gasteiger charge is -2.05. The number of hydrogen-bond acceptors (Lipinski definition) is 4. The van der Waals surface area contributed by atoms with Gasteiger partial charge in [-0.2, -0.15) is 4.99 Å². The molecule has 1 N–H and O–H groups in total. The van der Waals surface area contributed by atoms with Crippen molar-refractivity contribution in [1.29, 1.82) is 0 Å². The van der Waals surface area contributed by atoms with Gasteiger partial charge in [0.15, 0.2) is 5.82 Å². The Labute approximate surface area is 118 Å². The number of thioether (sulfide) groups is 1. The first-order valence-electron chi connectivity index (χ1n) is 4.96. The maximum atomic E-state index is 13.4. The molecule has 0 saturated carbocycles. The summed E-state index contributed by atoms with van der Waals surface area (Å²) in [5.41, 5.74) is 0.0788. The molecule has 18 heavy (non-hydrogen) atoms. The fourth-order valence-corrected chi connectivity index (χ4v) is 2.48. The van der Waals surface area contributed by atoms with E-state index in [9.17, 15) is 9.18 Å². The van der Waals surface area contributed by atoms with Crippen molar-refractivity contribution in [3.63, 3.8) is 0 Å². The van der Waals surface area contributed by atoms with E-state index in [1.807, 2.05) is 0 Å². The molecule has 1 aromatic carbocycles. The summed E-state index contributed by atoms with van der Waals surface area (Å²) >= 11 is 11.6. The van der Waals surface area contributed by atoms with Gasteiger partial charge >= 0.3 is 5.97 Å². The fraction of sp³-hybridized carbons (Fsp3) is 0.273. The van der Waals surface area contributed by atoms with Gasteiger partial charge in [0.2, 0.25) is 0 Å². The molecule has 7 heteroatoms. The molecule has 0 radical (unpaired) electrons. The maximum Gasteiger partial charge on any atom is 0.303 e. The van der Waals surface area contributed by atoms with Crippen molar-refractivity contribution in [3.05, 3.63) is 23.0 Å². The second kappa shape index (κ2) is 7.48. The highest BCUT2D eigenvalue weighted by molar-refractivity contribution is 7.99. The van der Waals surface area contributed by atoms with E-state index in [4.69, 9.17) is 16.7 Å². The molecular weight excluding hydrogens is 297 g/mol. The Hall–Kier alpha value is -0.940. The van der Waals surface area contributed by atoms with Crippen LogP contribution in [0.25, 0.3) is 0 Å². The number of aliphatic carboxylic acids is 1. The summed E-state index contributed by atoms with van der Waals surface area (Å²) in [6, 6.07) is 2.63. The first-order chi connectivity index (χ1) is 8.54. The van der Waals surface area contributed by atoms with E-state index in [0.29, 0.717) is 17.1 Å². The molecule has 0 fully saturated rings. The smallest absolute Gasteiger partial charge is 0.303 e. The van der Waals surface area contributed by atoms with Gasteiger partial charge < -0.3 is 5.11 Å². The zero-order chi connectivity index (χ0) is 13.5. The molecule has 0 saturated heterocycles. The van der Waals surface area contributed by atoms with Crippen molar-refractivity contribution in [2.24, 2.45) is 4.99 Å². The molecule has 0 amide bonds. The topological polar surface area (TPSA) is 49.7 Å². The number of carboxylic acid groups (broad SMARTS) is 1. The quantitative estimate of drug-likeness (QED) is 0.371. The molecule has 0 bridgehead atoms.